The summed E-state index contributed by atoms with van der Waals surface area (Å²) in [7, 11) is 0. The number of carbonyl (C=O) groups is 1. The molecule has 0 aliphatic rings. The molecule has 0 saturated heterocycles. The Morgan fingerprint density at radius 2 is 1.33 bits per heavy atom. The van der Waals surface area contributed by atoms with Crippen molar-refractivity contribution < 1.29 is 4.79 Å². The Labute approximate surface area is 111 Å². The fourth-order valence-corrected chi connectivity index (χ4v) is 2.40. The molecule has 1 amide bonds. The first-order valence-corrected chi connectivity index (χ1v) is 6.66. The fourth-order valence-electron chi connectivity index (χ4n) is 2.40. The van der Waals surface area contributed by atoms with E-state index in [1.807, 2.05) is 17.9 Å². The average Bonchev–Trinajstić information content (AvgIpc) is 2.22. The summed E-state index contributed by atoms with van der Waals surface area (Å²) < 4.78 is 0. The van der Waals surface area contributed by atoms with Crippen LogP contribution < -0.4 is 0 Å². The van der Waals surface area contributed by atoms with Crippen molar-refractivity contribution in [3.05, 3.63) is 34.4 Å². The lowest BCUT2D eigenvalue weighted by atomic mass is 9.99. The molecular weight excluding hydrogens is 222 g/mol. The molecule has 0 bridgehead atoms. The van der Waals surface area contributed by atoms with Gasteiger partial charge in [-0.25, -0.2) is 0 Å². The molecule has 0 fully saturated rings. The Kier molecular flexibility index (Phi) is 4.55. The van der Waals surface area contributed by atoms with E-state index >= 15 is 0 Å². The Morgan fingerprint density at radius 1 is 0.889 bits per heavy atom. The molecule has 0 unspecified atom stereocenters. The minimum absolute atomic E-state index is 0.139. The van der Waals surface area contributed by atoms with Crippen LogP contribution in [0.5, 0.6) is 0 Å². The molecule has 1 rings (SSSR count). The van der Waals surface area contributed by atoms with Crippen LogP contribution in [-0.2, 0) is 0 Å². The molecule has 0 radical (unpaired) electrons. The number of nitrogens with zero attached hydrogens (tertiary/aromatic N) is 1. The minimum atomic E-state index is 0.139. The number of benzene rings is 1. The van der Waals surface area contributed by atoms with Crippen molar-refractivity contribution in [1.29, 1.82) is 0 Å². The Balaban J connectivity index is 3.21. The van der Waals surface area contributed by atoms with Gasteiger partial charge in [0, 0.05) is 17.6 Å². The van der Waals surface area contributed by atoms with Gasteiger partial charge in [-0.3, -0.25) is 4.79 Å². The third-order valence-electron chi connectivity index (χ3n) is 3.42. The number of rotatable bonds is 3. The van der Waals surface area contributed by atoms with Gasteiger partial charge in [-0.15, -0.1) is 0 Å². The van der Waals surface area contributed by atoms with Crippen LogP contribution in [0.2, 0.25) is 0 Å². The maximum absolute atomic E-state index is 12.6. The second-order valence-corrected chi connectivity index (χ2v) is 5.65. The van der Waals surface area contributed by atoms with Crippen LogP contribution in [0.3, 0.4) is 0 Å². The second-order valence-electron chi connectivity index (χ2n) is 5.65. The van der Waals surface area contributed by atoms with Crippen molar-refractivity contribution in [1.82, 2.24) is 4.90 Å². The van der Waals surface area contributed by atoms with E-state index in [9.17, 15) is 4.79 Å². The summed E-state index contributed by atoms with van der Waals surface area (Å²) in [6.07, 6.45) is 0. The number of carbonyl (C=O) groups excluding carboxylic acids is 1. The minimum Gasteiger partial charge on any atom is -0.334 e. The van der Waals surface area contributed by atoms with Crippen molar-refractivity contribution in [3.63, 3.8) is 0 Å². The summed E-state index contributed by atoms with van der Waals surface area (Å²) in [5, 5.41) is 0. The van der Waals surface area contributed by atoms with Gasteiger partial charge in [0.2, 0.25) is 0 Å². The monoisotopic (exact) mass is 247 g/mol. The van der Waals surface area contributed by atoms with Gasteiger partial charge in [-0.2, -0.15) is 0 Å². The van der Waals surface area contributed by atoms with Gasteiger partial charge in [0.15, 0.2) is 0 Å². The fraction of sp³-hybridized carbons (Fsp3) is 0.562. The molecule has 0 aromatic heterocycles. The maximum atomic E-state index is 12.6. The van der Waals surface area contributed by atoms with Gasteiger partial charge in [-0.1, -0.05) is 6.07 Å². The van der Waals surface area contributed by atoms with Crippen LogP contribution in [0, 0.1) is 20.8 Å². The van der Waals surface area contributed by atoms with E-state index in [4.69, 9.17) is 0 Å². The molecule has 0 saturated carbocycles. The molecule has 0 heterocycles. The molecule has 18 heavy (non-hydrogen) atoms. The van der Waals surface area contributed by atoms with Crippen LogP contribution in [0.25, 0.3) is 0 Å². The number of hydrogen-bond donors (Lipinski definition) is 0. The maximum Gasteiger partial charge on any atom is 0.254 e. The molecule has 0 atom stereocenters. The molecule has 2 nitrogen and oxygen atoms in total. The van der Waals surface area contributed by atoms with Crippen molar-refractivity contribution in [2.75, 3.05) is 0 Å². The van der Waals surface area contributed by atoms with E-state index in [1.165, 1.54) is 11.1 Å². The van der Waals surface area contributed by atoms with E-state index in [2.05, 4.69) is 47.6 Å². The van der Waals surface area contributed by atoms with Gasteiger partial charge < -0.3 is 4.90 Å². The zero-order valence-corrected chi connectivity index (χ0v) is 12.7. The van der Waals surface area contributed by atoms with Crippen LogP contribution in [0.1, 0.15) is 54.7 Å². The molecule has 0 N–H and O–H groups in total. The smallest absolute Gasteiger partial charge is 0.254 e. The number of amides is 1. The molecule has 100 valence electrons. The predicted octanol–water partition coefficient (Wildman–Crippen LogP) is 3.87. The number of aryl methyl sites for hydroxylation is 3. The summed E-state index contributed by atoms with van der Waals surface area (Å²) in [6, 6.07) is 4.56. The van der Waals surface area contributed by atoms with Crippen LogP contribution in [0.15, 0.2) is 12.1 Å². The molecule has 2 heteroatoms. The van der Waals surface area contributed by atoms with Gasteiger partial charge in [0.25, 0.3) is 5.91 Å². The van der Waals surface area contributed by atoms with E-state index < -0.39 is 0 Å². The van der Waals surface area contributed by atoms with Gasteiger partial charge in [0.05, 0.1) is 0 Å². The Hall–Kier alpha value is -1.31. The zero-order valence-electron chi connectivity index (χ0n) is 12.7. The zero-order chi connectivity index (χ0) is 14.0. The van der Waals surface area contributed by atoms with Crippen molar-refractivity contribution >= 4 is 5.91 Å². The highest BCUT2D eigenvalue weighted by molar-refractivity contribution is 5.96. The molecule has 0 spiro atoms. The first-order valence-electron chi connectivity index (χ1n) is 6.66. The number of hydrogen-bond acceptors (Lipinski definition) is 1. The quantitative estimate of drug-likeness (QED) is 0.794. The molecule has 0 aliphatic heterocycles. The SMILES string of the molecule is Cc1cc(C)c(C(=O)N(C(C)C)C(C)C)cc1C. The van der Waals surface area contributed by atoms with Crippen LogP contribution in [-0.4, -0.2) is 22.9 Å². The van der Waals surface area contributed by atoms with E-state index in [0.717, 1.165) is 11.1 Å². The van der Waals surface area contributed by atoms with E-state index in [1.54, 1.807) is 0 Å². The highest BCUT2D eigenvalue weighted by Crippen LogP contribution is 2.19. The highest BCUT2D eigenvalue weighted by Gasteiger charge is 2.23. The highest BCUT2D eigenvalue weighted by atomic mass is 16.2. The summed E-state index contributed by atoms with van der Waals surface area (Å²) in [4.78, 5) is 14.6. The topological polar surface area (TPSA) is 20.3 Å². The first-order chi connectivity index (χ1) is 8.25. The second kappa shape index (κ2) is 5.55. The Bertz CT molecular complexity index is 439. The average molecular weight is 247 g/mol. The largest absolute Gasteiger partial charge is 0.334 e. The molecule has 0 aliphatic carbocycles. The third-order valence-corrected chi connectivity index (χ3v) is 3.42. The Morgan fingerprint density at radius 3 is 1.78 bits per heavy atom. The van der Waals surface area contributed by atoms with Crippen molar-refractivity contribution in [3.8, 4) is 0 Å². The van der Waals surface area contributed by atoms with Gasteiger partial charge in [0.1, 0.15) is 0 Å². The summed E-state index contributed by atoms with van der Waals surface area (Å²) in [5.74, 6) is 0.139. The van der Waals surface area contributed by atoms with Gasteiger partial charge >= 0.3 is 0 Å². The third kappa shape index (κ3) is 2.92. The lowest BCUT2D eigenvalue weighted by Gasteiger charge is -2.31. The normalized spacial score (nSPS) is 11.2. The summed E-state index contributed by atoms with van der Waals surface area (Å²) in [5.41, 5.74) is 4.32. The van der Waals surface area contributed by atoms with Crippen molar-refractivity contribution in [2.45, 2.75) is 60.5 Å². The standard InChI is InChI=1S/C16H25NO/c1-10(2)17(11(3)4)16(18)15-9-13(6)12(5)8-14(15)7/h8-11H,1-7H3. The molecule has 1 aromatic rings. The molecule has 1 aromatic carbocycles. The van der Waals surface area contributed by atoms with Gasteiger partial charge in [-0.05, 0) is 71.2 Å². The van der Waals surface area contributed by atoms with Crippen LogP contribution >= 0.6 is 0 Å². The van der Waals surface area contributed by atoms with Crippen LogP contribution in [0.4, 0.5) is 0 Å². The lowest BCUT2D eigenvalue weighted by Crippen LogP contribution is -2.42. The molecular formula is C16H25NO. The predicted molar refractivity (Wildman–Crippen MR) is 77.1 cm³/mol. The summed E-state index contributed by atoms with van der Waals surface area (Å²) in [6.45, 7) is 14.4. The van der Waals surface area contributed by atoms with E-state index in [0.29, 0.717) is 0 Å². The van der Waals surface area contributed by atoms with Crippen molar-refractivity contribution in [2.24, 2.45) is 0 Å². The summed E-state index contributed by atoms with van der Waals surface area (Å²) >= 11 is 0. The lowest BCUT2D eigenvalue weighted by molar-refractivity contribution is 0.0643. The first kappa shape index (κ1) is 14.7. The van der Waals surface area contributed by atoms with E-state index in [-0.39, 0.29) is 18.0 Å².